The first-order chi connectivity index (χ1) is 9.99. The van der Waals surface area contributed by atoms with E-state index in [2.05, 4.69) is 80.4 Å². The molecule has 1 atom stereocenters. The van der Waals surface area contributed by atoms with E-state index in [1.165, 1.54) is 16.1 Å². The Kier molecular flexibility index (Phi) is 6.29. The summed E-state index contributed by atoms with van der Waals surface area (Å²) in [6.45, 7) is 3.03. The monoisotopic (exact) mass is 430 g/mol. The summed E-state index contributed by atoms with van der Waals surface area (Å²) in [6.07, 6.45) is 1.93. The molecule has 2 aromatic rings. The highest BCUT2D eigenvalue weighted by Gasteiger charge is 2.10. The fourth-order valence-electron chi connectivity index (χ4n) is 2.19. The van der Waals surface area contributed by atoms with Crippen LogP contribution in [-0.4, -0.2) is 13.1 Å². The molecule has 0 bridgehead atoms. The van der Waals surface area contributed by atoms with Crippen LogP contribution in [0.15, 0.2) is 38.6 Å². The van der Waals surface area contributed by atoms with Gasteiger partial charge in [-0.05, 0) is 68.5 Å². The lowest BCUT2D eigenvalue weighted by atomic mass is 10.0. The molecule has 114 valence electrons. The molecule has 1 unspecified atom stereocenters. The molecular weight excluding hydrogens is 412 g/mol. The number of nitrogens with two attached hydrogens (primary N) is 1. The van der Waals surface area contributed by atoms with Crippen LogP contribution in [0.2, 0.25) is 0 Å². The van der Waals surface area contributed by atoms with E-state index in [4.69, 9.17) is 5.73 Å². The Labute approximate surface area is 147 Å². The number of hydrogen-bond donors (Lipinski definition) is 1. The molecule has 1 heterocycles. The molecule has 0 radical (unpaired) electrons. The number of anilines is 1. The Morgan fingerprint density at radius 1 is 1.29 bits per heavy atom. The molecule has 0 spiro atoms. The van der Waals surface area contributed by atoms with Gasteiger partial charge in [-0.3, -0.25) is 0 Å². The number of thiophene rings is 1. The number of hydrogen-bond acceptors (Lipinski definition) is 3. The first-order valence-electron chi connectivity index (χ1n) is 6.97. The standard InChI is InChI=1S/C16H20Br2N2S/c1-3-13(19)6-11-4-5-16(15(18)7-11)20(2)9-14-8-12(17)10-21-14/h4-5,7-8,10,13H,3,6,9,19H2,1-2H3. The SMILES string of the molecule is CCC(N)Cc1ccc(N(C)Cc2cc(Br)cs2)c(Br)c1. The molecule has 0 aliphatic heterocycles. The maximum Gasteiger partial charge on any atom is 0.0520 e. The van der Waals surface area contributed by atoms with E-state index in [-0.39, 0.29) is 6.04 Å². The van der Waals surface area contributed by atoms with Gasteiger partial charge in [0.2, 0.25) is 0 Å². The predicted octanol–water partition coefficient (Wildman–Crippen LogP) is 5.19. The van der Waals surface area contributed by atoms with Crippen LogP contribution in [0.4, 0.5) is 5.69 Å². The third-order valence-electron chi connectivity index (χ3n) is 3.46. The molecule has 0 aliphatic carbocycles. The summed E-state index contributed by atoms with van der Waals surface area (Å²) in [5.74, 6) is 0. The second-order valence-corrected chi connectivity index (χ2v) is 8.01. The Hall–Kier alpha value is -0.360. The summed E-state index contributed by atoms with van der Waals surface area (Å²) in [5, 5.41) is 2.12. The van der Waals surface area contributed by atoms with Gasteiger partial charge in [0.05, 0.1) is 12.2 Å². The highest BCUT2D eigenvalue weighted by atomic mass is 79.9. The summed E-state index contributed by atoms with van der Waals surface area (Å²) >= 11 is 8.97. The van der Waals surface area contributed by atoms with Crippen LogP contribution < -0.4 is 10.6 Å². The first kappa shape index (κ1) is 17.0. The van der Waals surface area contributed by atoms with Gasteiger partial charge in [0.15, 0.2) is 0 Å². The van der Waals surface area contributed by atoms with E-state index in [9.17, 15) is 0 Å². The minimum absolute atomic E-state index is 0.240. The molecule has 5 heteroatoms. The van der Waals surface area contributed by atoms with Gasteiger partial charge in [-0.1, -0.05) is 13.0 Å². The second-order valence-electron chi connectivity index (χ2n) is 5.25. The third-order valence-corrected chi connectivity index (χ3v) is 5.78. The lowest BCUT2D eigenvalue weighted by Gasteiger charge is -2.21. The van der Waals surface area contributed by atoms with Crippen LogP contribution in [-0.2, 0) is 13.0 Å². The molecule has 2 rings (SSSR count). The van der Waals surface area contributed by atoms with Crippen LogP contribution >= 0.6 is 43.2 Å². The maximum absolute atomic E-state index is 6.03. The van der Waals surface area contributed by atoms with Crippen LogP contribution in [0, 0.1) is 0 Å². The normalized spacial score (nSPS) is 12.4. The molecule has 21 heavy (non-hydrogen) atoms. The Morgan fingerprint density at radius 2 is 2.05 bits per heavy atom. The van der Waals surface area contributed by atoms with Crippen molar-refractivity contribution in [3.05, 3.63) is 49.0 Å². The quantitative estimate of drug-likeness (QED) is 0.681. The molecule has 0 aliphatic rings. The second kappa shape index (κ2) is 7.77. The average molecular weight is 432 g/mol. The van der Waals surface area contributed by atoms with Crippen molar-refractivity contribution in [3.63, 3.8) is 0 Å². The van der Waals surface area contributed by atoms with Crippen LogP contribution in [0.25, 0.3) is 0 Å². The van der Waals surface area contributed by atoms with Crippen molar-refractivity contribution < 1.29 is 0 Å². The average Bonchev–Trinajstić information content (AvgIpc) is 2.83. The molecule has 0 saturated carbocycles. The van der Waals surface area contributed by atoms with Gasteiger partial charge >= 0.3 is 0 Å². The third kappa shape index (κ3) is 4.81. The molecule has 2 N–H and O–H groups in total. The van der Waals surface area contributed by atoms with Crippen molar-refractivity contribution in [3.8, 4) is 0 Å². The van der Waals surface area contributed by atoms with Gasteiger partial charge in [0.1, 0.15) is 0 Å². The Balaban J connectivity index is 2.09. The van der Waals surface area contributed by atoms with E-state index in [1.807, 2.05) is 0 Å². The number of rotatable bonds is 6. The van der Waals surface area contributed by atoms with Crippen molar-refractivity contribution >= 4 is 48.9 Å². The number of nitrogens with zero attached hydrogens (tertiary/aromatic N) is 1. The zero-order valence-electron chi connectivity index (χ0n) is 12.3. The van der Waals surface area contributed by atoms with Crippen molar-refractivity contribution in [2.24, 2.45) is 5.73 Å². The highest BCUT2D eigenvalue weighted by Crippen LogP contribution is 2.29. The van der Waals surface area contributed by atoms with E-state index in [1.54, 1.807) is 11.3 Å². The predicted molar refractivity (Wildman–Crippen MR) is 100 cm³/mol. The zero-order chi connectivity index (χ0) is 15.4. The van der Waals surface area contributed by atoms with E-state index < -0.39 is 0 Å². The molecule has 1 aromatic carbocycles. The van der Waals surface area contributed by atoms with Crippen LogP contribution in [0.1, 0.15) is 23.8 Å². The van der Waals surface area contributed by atoms with Gasteiger partial charge in [0.25, 0.3) is 0 Å². The summed E-state index contributed by atoms with van der Waals surface area (Å²) in [7, 11) is 2.12. The van der Waals surface area contributed by atoms with Gasteiger partial charge in [-0.25, -0.2) is 0 Å². The minimum atomic E-state index is 0.240. The lowest BCUT2D eigenvalue weighted by molar-refractivity contribution is 0.646. The van der Waals surface area contributed by atoms with Crippen LogP contribution in [0.3, 0.4) is 0 Å². The molecule has 1 aromatic heterocycles. The summed E-state index contributed by atoms with van der Waals surface area (Å²) in [6, 6.07) is 8.94. The van der Waals surface area contributed by atoms with Gasteiger partial charge < -0.3 is 10.6 Å². The van der Waals surface area contributed by atoms with Crippen molar-refractivity contribution in [1.82, 2.24) is 0 Å². The smallest absolute Gasteiger partial charge is 0.0520 e. The maximum atomic E-state index is 6.03. The number of benzene rings is 1. The molecular formula is C16H20Br2N2S. The van der Waals surface area contributed by atoms with Crippen LogP contribution in [0.5, 0.6) is 0 Å². The summed E-state index contributed by atoms with van der Waals surface area (Å²) < 4.78 is 2.28. The summed E-state index contributed by atoms with van der Waals surface area (Å²) in [4.78, 5) is 3.60. The van der Waals surface area contributed by atoms with E-state index >= 15 is 0 Å². The van der Waals surface area contributed by atoms with E-state index in [0.717, 1.165) is 28.3 Å². The minimum Gasteiger partial charge on any atom is -0.369 e. The topological polar surface area (TPSA) is 29.3 Å². The molecule has 0 fully saturated rings. The Bertz CT molecular complexity index is 598. The zero-order valence-corrected chi connectivity index (χ0v) is 16.3. The fraction of sp³-hybridized carbons (Fsp3) is 0.375. The fourth-order valence-corrected chi connectivity index (χ4v) is 4.42. The van der Waals surface area contributed by atoms with Crippen molar-refractivity contribution in [2.75, 3.05) is 11.9 Å². The van der Waals surface area contributed by atoms with Gasteiger partial charge in [-0.15, -0.1) is 11.3 Å². The summed E-state index contributed by atoms with van der Waals surface area (Å²) in [5.41, 5.74) is 8.52. The largest absolute Gasteiger partial charge is 0.369 e. The molecule has 0 saturated heterocycles. The van der Waals surface area contributed by atoms with Crippen molar-refractivity contribution in [1.29, 1.82) is 0 Å². The molecule has 0 amide bonds. The number of halogens is 2. The highest BCUT2D eigenvalue weighted by molar-refractivity contribution is 9.10. The van der Waals surface area contributed by atoms with Gasteiger partial charge in [0, 0.05) is 32.3 Å². The Morgan fingerprint density at radius 3 is 2.62 bits per heavy atom. The lowest BCUT2D eigenvalue weighted by Crippen LogP contribution is -2.21. The van der Waals surface area contributed by atoms with E-state index in [0.29, 0.717) is 0 Å². The van der Waals surface area contributed by atoms with Crippen molar-refractivity contribution in [2.45, 2.75) is 32.4 Å². The first-order valence-corrected chi connectivity index (χ1v) is 9.44. The van der Waals surface area contributed by atoms with Gasteiger partial charge in [-0.2, -0.15) is 0 Å². The molecule has 2 nitrogen and oxygen atoms in total.